The van der Waals surface area contributed by atoms with Gasteiger partial charge in [0.25, 0.3) is 5.91 Å². The number of fused-ring (bicyclic) bond motifs is 1. The monoisotopic (exact) mass is 527 g/mol. The SMILES string of the molecule is C[C@@H]1CN(C(=O)c2ccc(N3CCCC3)cc2Cl)c2ccccc2CN1C(=O)NCCC(=O)NCCO. The maximum absolute atomic E-state index is 13.8. The van der Waals surface area contributed by atoms with Gasteiger partial charge in [0.15, 0.2) is 0 Å². The van der Waals surface area contributed by atoms with Crippen LogP contribution < -0.4 is 20.4 Å². The Hall–Kier alpha value is -3.30. The van der Waals surface area contributed by atoms with Gasteiger partial charge < -0.3 is 30.4 Å². The summed E-state index contributed by atoms with van der Waals surface area (Å²) in [5.41, 5.74) is 3.05. The van der Waals surface area contributed by atoms with Crippen LogP contribution in [0.15, 0.2) is 42.5 Å². The summed E-state index contributed by atoms with van der Waals surface area (Å²) in [6.45, 7) is 4.72. The molecule has 4 rings (SSSR count). The zero-order chi connectivity index (χ0) is 26.4. The molecule has 9 nitrogen and oxygen atoms in total. The molecule has 0 aromatic heterocycles. The summed E-state index contributed by atoms with van der Waals surface area (Å²) in [5.74, 6) is -0.451. The van der Waals surface area contributed by atoms with Gasteiger partial charge in [0.05, 0.1) is 17.2 Å². The number of carbonyl (C=O) groups is 3. The molecular formula is C27H34ClN5O4. The van der Waals surface area contributed by atoms with E-state index in [0.29, 0.717) is 23.7 Å². The Morgan fingerprint density at radius 3 is 2.54 bits per heavy atom. The third kappa shape index (κ3) is 6.34. The molecule has 3 N–H and O–H groups in total. The van der Waals surface area contributed by atoms with Gasteiger partial charge in [-0.25, -0.2) is 4.79 Å². The minimum atomic E-state index is -0.306. The highest BCUT2D eigenvalue weighted by Gasteiger charge is 2.32. The molecule has 0 spiro atoms. The van der Waals surface area contributed by atoms with Gasteiger partial charge in [-0.15, -0.1) is 0 Å². The first-order valence-electron chi connectivity index (χ1n) is 12.8. The Morgan fingerprint density at radius 1 is 1.05 bits per heavy atom. The van der Waals surface area contributed by atoms with E-state index in [-0.39, 0.29) is 50.0 Å². The molecule has 2 heterocycles. The molecule has 198 valence electrons. The Kier molecular flexibility index (Phi) is 8.89. The van der Waals surface area contributed by atoms with Gasteiger partial charge in [-0.05, 0) is 49.6 Å². The number of rotatable bonds is 7. The van der Waals surface area contributed by atoms with Crippen molar-refractivity contribution in [2.45, 2.75) is 38.8 Å². The van der Waals surface area contributed by atoms with Crippen molar-refractivity contribution < 1.29 is 19.5 Å². The summed E-state index contributed by atoms with van der Waals surface area (Å²) in [4.78, 5) is 44.2. The van der Waals surface area contributed by atoms with Gasteiger partial charge in [-0.1, -0.05) is 29.8 Å². The van der Waals surface area contributed by atoms with Gasteiger partial charge in [0, 0.05) is 63.1 Å². The molecule has 37 heavy (non-hydrogen) atoms. The first-order chi connectivity index (χ1) is 17.9. The van der Waals surface area contributed by atoms with Crippen molar-refractivity contribution in [1.82, 2.24) is 15.5 Å². The Balaban J connectivity index is 1.49. The molecule has 2 aliphatic heterocycles. The van der Waals surface area contributed by atoms with Crippen LogP contribution in [0.5, 0.6) is 0 Å². The van der Waals surface area contributed by atoms with Crippen LogP contribution in [0.1, 0.15) is 42.1 Å². The molecule has 1 saturated heterocycles. The van der Waals surface area contributed by atoms with Gasteiger partial charge in [-0.3, -0.25) is 9.59 Å². The Bertz CT molecular complexity index is 1140. The van der Waals surface area contributed by atoms with Gasteiger partial charge in [-0.2, -0.15) is 0 Å². The molecule has 0 unspecified atom stereocenters. The van der Waals surface area contributed by atoms with Crippen molar-refractivity contribution in [2.24, 2.45) is 0 Å². The van der Waals surface area contributed by atoms with E-state index in [1.54, 1.807) is 15.9 Å². The molecule has 0 saturated carbocycles. The van der Waals surface area contributed by atoms with Crippen LogP contribution >= 0.6 is 11.6 Å². The van der Waals surface area contributed by atoms with Crippen molar-refractivity contribution >= 4 is 40.8 Å². The zero-order valence-corrected chi connectivity index (χ0v) is 21.8. The van der Waals surface area contributed by atoms with E-state index in [4.69, 9.17) is 16.7 Å². The highest BCUT2D eigenvalue weighted by molar-refractivity contribution is 6.35. The molecule has 0 bridgehead atoms. The number of hydrogen-bond acceptors (Lipinski definition) is 5. The summed E-state index contributed by atoms with van der Waals surface area (Å²) in [6.07, 6.45) is 2.42. The first kappa shape index (κ1) is 26.8. The number of carbonyl (C=O) groups excluding carboxylic acids is 3. The van der Waals surface area contributed by atoms with Gasteiger partial charge >= 0.3 is 6.03 Å². The third-order valence-corrected chi connectivity index (χ3v) is 7.14. The van der Waals surface area contributed by atoms with Crippen LogP contribution in [0.2, 0.25) is 5.02 Å². The van der Waals surface area contributed by atoms with Crippen molar-refractivity contribution in [3.8, 4) is 0 Å². The number of benzene rings is 2. The second-order valence-corrected chi connectivity index (χ2v) is 9.84. The molecular weight excluding hydrogens is 494 g/mol. The number of nitrogens with one attached hydrogen (secondary N) is 2. The first-order valence-corrected chi connectivity index (χ1v) is 13.1. The molecule has 10 heteroatoms. The highest BCUT2D eigenvalue weighted by atomic mass is 35.5. The molecule has 0 aliphatic carbocycles. The Morgan fingerprint density at radius 2 is 1.81 bits per heavy atom. The number of nitrogens with zero attached hydrogens (tertiary/aromatic N) is 3. The van der Waals surface area contributed by atoms with Crippen LogP contribution in [-0.2, 0) is 11.3 Å². The lowest BCUT2D eigenvalue weighted by Gasteiger charge is -2.29. The maximum Gasteiger partial charge on any atom is 0.318 e. The number of amides is 4. The number of anilines is 2. The maximum atomic E-state index is 13.8. The average Bonchev–Trinajstić information content (AvgIpc) is 3.39. The second kappa shape index (κ2) is 12.3. The highest BCUT2D eigenvalue weighted by Crippen LogP contribution is 2.32. The third-order valence-electron chi connectivity index (χ3n) is 6.82. The average molecular weight is 528 g/mol. The predicted molar refractivity (Wildman–Crippen MR) is 144 cm³/mol. The summed E-state index contributed by atoms with van der Waals surface area (Å²) < 4.78 is 0. The standard InChI is InChI=1S/C27H34ClN5O4/c1-19-17-33(26(36)22-9-8-21(16-23(22)28)31-13-4-5-14-31)24-7-3-2-6-20(24)18-32(19)27(37)30-11-10-25(35)29-12-15-34/h2-3,6-9,16,19,34H,4-5,10-15,17-18H2,1H3,(H,29,35)(H,30,37)/t19-/m1/s1. The fraction of sp³-hybridized carbons (Fsp3) is 0.444. The largest absolute Gasteiger partial charge is 0.395 e. The molecule has 2 aromatic carbocycles. The molecule has 1 atom stereocenters. The summed E-state index contributed by atoms with van der Waals surface area (Å²) in [5, 5.41) is 14.6. The van der Waals surface area contributed by atoms with Crippen LogP contribution in [0.4, 0.5) is 16.2 Å². The smallest absolute Gasteiger partial charge is 0.318 e. The van der Waals surface area contributed by atoms with E-state index in [1.165, 1.54) is 0 Å². The number of para-hydroxylation sites is 1. The number of urea groups is 1. The van der Waals surface area contributed by atoms with Crippen LogP contribution in [-0.4, -0.2) is 73.2 Å². The van der Waals surface area contributed by atoms with E-state index in [2.05, 4.69) is 15.5 Å². The topological polar surface area (TPSA) is 105 Å². The van der Waals surface area contributed by atoms with Crippen LogP contribution in [0, 0.1) is 0 Å². The predicted octanol–water partition coefficient (Wildman–Crippen LogP) is 3.00. The van der Waals surface area contributed by atoms with E-state index < -0.39 is 0 Å². The molecule has 1 fully saturated rings. The number of halogens is 1. The fourth-order valence-electron chi connectivity index (χ4n) is 4.84. The summed E-state index contributed by atoms with van der Waals surface area (Å²) in [6, 6.07) is 12.6. The number of aliphatic hydroxyl groups excluding tert-OH is 1. The van der Waals surface area contributed by atoms with Crippen molar-refractivity contribution in [1.29, 1.82) is 0 Å². The van der Waals surface area contributed by atoms with E-state index in [0.717, 1.165) is 42.9 Å². The quantitative estimate of drug-likeness (QED) is 0.513. The van der Waals surface area contributed by atoms with E-state index in [9.17, 15) is 14.4 Å². The zero-order valence-electron chi connectivity index (χ0n) is 21.1. The van der Waals surface area contributed by atoms with E-state index in [1.807, 2.05) is 43.3 Å². The van der Waals surface area contributed by atoms with Gasteiger partial charge in [0.1, 0.15) is 0 Å². The van der Waals surface area contributed by atoms with E-state index >= 15 is 0 Å². The number of hydrogen-bond donors (Lipinski definition) is 3. The summed E-state index contributed by atoms with van der Waals surface area (Å²) in [7, 11) is 0. The molecule has 4 amide bonds. The van der Waals surface area contributed by atoms with Crippen molar-refractivity contribution in [3.63, 3.8) is 0 Å². The van der Waals surface area contributed by atoms with Crippen LogP contribution in [0.25, 0.3) is 0 Å². The minimum Gasteiger partial charge on any atom is -0.395 e. The molecule has 2 aromatic rings. The lowest BCUT2D eigenvalue weighted by atomic mass is 10.1. The fourth-order valence-corrected chi connectivity index (χ4v) is 5.09. The molecule has 0 radical (unpaired) electrons. The number of aliphatic hydroxyl groups is 1. The van der Waals surface area contributed by atoms with Gasteiger partial charge in [0.2, 0.25) is 5.91 Å². The normalized spacial score (nSPS) is 17.3. The second-order valence-electron chi connectivity index (χ2n) is 9.44. The van der Waals surface area contributed by atoms with Crippen LogP contribution in [0.3, 0.4) is 0 Å². The van der Waals surface area contributed by atoms with Crippen molar-refractivity contribution in [3.05, 3.63) is 58.6 Å². The lowest BCUT2D eigenvalue weighted by Crippen LogP contribution is -2.48. The Labute approximate surface area is 222 Å². The summed E-state index contributed by atoms with van der Waals surface area (Å²) >= 11 is 6.62. The molecule has 2 aliphatic rings. The minimum absolute atomic E-state index is 0.112. The lowest BCUT2D eigenvalue weighted by molar-refractivity contribution is -0.121. The van der Waals surface area contributed by atoms with Crippen molar-refractivity contribution in [2.75, 3.05) is 49.1 Å².